The monoisotopic (exact) mass is 578 g/mol. The molecule has 3 heterocycles. The Morgan fingerprint density at radius 2 is 1.24 bits per heavy atom. The van der Waals surface area contributed by atoms with E-state index in [0.29, 0.717) is 0 Å². The van der Waals surface area contributed by atoms with Crippen LogP contribution in [0, 0.1) is 0 Å². The van der Waals surface area contributed by atoms with Crippen molar-refractivity contribution < 1.29 is 4.42 Å². The van der Waals surface area contributed by atoms with Gasteiger partial charge >= 0.3 is 0 Å². The molecule has 5 heteroatoms. The van der Waals surface area contributed by atoms with Crippen molar-refractivity contribution in [2.24, 2.45) is 9.98 Å². The molecule has 9 rings (SSSR count). The summed E-state index contributed by atoms with van der Waals surface area (Å²) in [6, 6.07) is 48.3. The number of benzene rings is 6. The number of hydrogen-bond donors (Lipinski definition) is 1. The average Bonchev–Trinajstić information content (AvgIpc) is 3.50. The number of furan rings is 1. The lowest BCUT2D eigenvalue weighted by Gasteiger charge is -2.23. The van der Waals surface area contributed by atoms with Gasteiger partial charge in [0.05, 0.1) is 5.39 Å². The van der Waals surface area contributed by atoms with E-state index in [-0.39, 0.29) is 0 Å². The van der Waals surface area contributed by atoms with Gasteiger partial charge in [0.2, 0.25) is 0 Å². The van der Waals surface area contributed by atoms with Gasteiger partial charge in [-0.15, -0.1) is 0 Å². The minimum Gasteiger partial charge on any atom is -0.454 e. The number of nitrogens with one attached hydrogen (secondary N) is 1. The molecule has 0 bridgehead atoms. The largest absolute Gasteiger partial charge is 0.454 e. The zero-order chi connectivity index (χ0) is 29.7. The Bertz CT molecular complexity index is 2470. The highest BCUT2D eigenvalue weighted by atomic mass is 16.3. The van der Waals surface area contributed by atoms with Gasteiger partial charge in [-0.2, -0.15) is 0 Å². The van der Waals surface area contributed by atoms with Crippen molar-refractivity contribution in [1.29, 1.82) is 0 Å². The quantitative estimate of drug-likeness (QED) is 0.226. The van der Waals surface area contributed by atoms with Crippen LogP contribution in [0.15, 0.2) is 160 Å². The predicted octanol–water partition coefficient (Wildman–Crippen LogP) is 9.45. The molecule has 6 aromatic carbocycles. The number of aromatic nitrogens is 1. The zero-order valence-corrected chi connectivity index (χ0v) is 24.2. The van der Waals surface area contributed by atoms with E-state index < -0.39 is 6.17 Å². The van der Waals surface area contributed by atoms with Crippen LogP contribution < -0.4 is 5.32 Å². The molecular weight excluding hydrogens is 552 g/mol. The van der Waals surface area contributed by atoms with Crippen LogP contribution in [0.4, 0.5) is 0 Å². The van der Waals surface area contributed by atoms with Crippen molar-refractivity contribution in [3.63, 3.8) is 0 Å². The van der Waals surface area contributed by atoms with Crippen molar-refractivity contribution >= 4 is 55.3 Å². The SMILES string of the molecule is c1ccc(-c2ccc3ccc(C4=NC(c5ccc6ccccc6c5)N=C(c5cccc6oc7cccnc7c56)N4)cc3c2)cc1. The lowest BCUT2D eigenvalue weighted by Crippen LogP contribution is -2.36. The second kappa shape index (κ2) is 10.3. The standard InChI is InChI=1S/C40H26N4O/c1-2-8-25(9-3-1)29-18-15-27-17-20-31(24-32(27)23-29)39-42-38(30-19-16-26-10-4-5-11-28(26)22-30)43-40(44-39)33-12-6-13-34-36(33)37-35(45-34)14-7-21-41-37/h1-24,38H,(H,42,43,44). The molecule has 0 saturated heterocycles. The zero-order valence-electron chi connectivity index (χ0n) is 24.2. The molecule has 212 valence electrons. The summed E-state index contributed by atoms with van der Waals surface area (Å²) in [5.74, 6) is 1.50. The lowest BCUT2D eigenvalue weighted by atomic mass is 9.99. The van der Waals surface area contributed by atoms with Gasteiger partial charge in [0.1, 0.15) is 22.8 Å². The number of amidine groups is 2. The molecule has 0 amide bonds. The summed E-state index contributed by atoms with van der Waals surface area (Å²) in [7, 11) is 0. The molecule has 1 atom stereocenters. The highest BCUT2D eigenvalue weighted by Crippen LogP contribution is 2.33. The first-order chi connectivity index (χ1) is 22.3. The van der Waals surface area contributed by atoms with Crippen molar-refractivity contribution in [2.45, 2.75) is 6.17 Å². The van der Waals surface area contributed by atoms with Crippen LogP contribution in [0.5, 0.6) is 0 Å². The Morgan fingerprint density at radius 3 is 2.16 bits per heavy atom. The maximum atomic E-state index is 6.18. The topological polar surface area (TPSA) is 62.8 Å². The summed E-state index contributed by atoms with van der Waals surface area (Å²) in [6.07, 6.45) is 1.36. The fourth-order valence-corrected chi connectivity index (χ4v) is 6.29. The average molecular weight is 579 g/mol. The Kier molecular flexibility index (Phi) is 5.81. The Balaban J connectivity index is 1.21. The lowest BCUT2D eigenvalue weighted by molar-refractivity contribution is 0.668. The summed E-state index contributed by atoms with van der Waals surface area (Å²) < 4.78 is 6.18. The maximum absolute atomic E-state index is 6.18. The predicted molar refractivity (Wildman–Crippen MR) is 184 cm³/mol. The Hall–Kier alpha value is -6.07. The molecule has 0 radical (unpaired) electrons. The van der Waals surface area contributed by atoms with Crippen molar-refractivity contribution in [1.82, 2.24) is 10.3 Å². The maximum Gasteiger partial charge on any atom is 0.169 e. The number of nitrogens with zero attached hydrogens (tertiary/aromatic N) is 3. The normalized spacial score (nSPS) is 14.9. The molecule has 2 aromatic heterocycles. The number of rotatable bonds is 4. The minimum atomic E-state index is -0.436. The molecule has 5 nitrogen and oxygen atoms in total. The van der Waals surface area contributed by atoms with E-state index in [4.69, 9.17) is 14.4 Å². The molecule has 45 heavy (non-hydrogen) atoms. The third-order valence-corrected chi connectivity index (χ3v) is 8.54. The van der Waals surface area contributed by atoms with Crippen molar-refractivity contribution in [3.8, 4) is 11.1 Å². The summed E-state index contributed by atoms with van der Waals surface area (Å²) >= 11 is 0. The molecule has 0 saturated carbocycles. The second-order valence-electron chi connectivity index (χ2n) is 11.3. The molecule has 1 aliphatic rings. The highest BCUT2D eigenvalue weighted by Gasteiger charge is 2.24. The second-order valence-corrected chi connectivity index (χ2v) is 11.3. The summed E-state index contributed by atoms with van der Waals surface area (Å²) in [6.45, 7) is 0. The van der Waals surface area contributed by atoms with Gasteiger partial charge in [-0.1, -0.05) is 103 Å². The van der Waals surface area contributed by atoms with E-state index in [1.807, 2.05) is 30.3 Å². The molecular formula is C40H26N4O. The third-order valence-electron chi connectivity index (χ3n) is 8.54. The number of hydrogen-bond acceptors (Lipinski definition) is 5. The molecule has 1 aliphatic heterocycles. The fourth-order valence-electron chi connectivity index (χ4n) is 6.29. The van der Waals surface area contributed by atoms with Gasteiger partial charge in [-0.25, -0.2) is 9.98 Å². The van der Waals surface area contributed by atoms with Crippen LogP contribution in [-0.4, -0.2) is 16.7 Å². The molecule has 0 aliphatic carbocycles. The van der Waals surface area contributed by atoms with E-state index in [0.717, 1.165) is 61.2 Å². The molecule has 1 N–H and O–H groups in total. The van der Waals surface area contributed by atoms with Crippen molar-refractivity contribution in [3.05, 3.63) is 162 Å². The van der Waals surface area contributed by atoms with Gasteiger partial charge in [-0.05, 0) is 74.6 Å². The molecule has 0 spiro atoms. The van der Waals surface area contributed by atoms with Gasteiger partial charge < -0.3 is 9.73 Å². The van der Waals surface area contributed by atoms with E-state index in [1.165, 1.54) is 21.9 Å². The minimum absolute atomic E-state index is 0.436. The first kappa shape index (κ1) is 25.4. The molecule has 0 fully saturated rings. The Labute approximate surface area is 259 Å². The number of pyridine rings is 1. The number of fused-ring (bicyclic) bond motifs is 5. The molecule has 1 unspecified atom stereocenters. The van der Waals surface area contributed by atoms with Crippen LogP contribution in [0.1, 0.15) is 22.9 Å². The summed E-state index contributed by atoms with van der Waals surface area (Å²) in [5.41, 5.74) is 7.66. The van der Waals surface area contributed by atoms with E-state index in [2.05, 4.69) is 119 Å². The molecule has 8 aromatic rings. The summed E-state index contributed by atoms with van der Waals surface area (Å²) in [4.78, 5) is 15.1. The smallest absolute Gasteiger partial charge is 0.169 e. The fraction of sp³-hybridized carbons (Fsp3) is 0.0250. The van der Waals surface area contributed by atoms with Crippen LogP contribution in [-0.2, 0) is 0 Å². The van der Waals surface area contributed by atoms with E-state index in [1.54, 1.807) is 6.20 Å². The first-order valence-corrected chi connectivity index (χ1v) is 15.0. The van der Waals surface area contributed by atoms with Gasteiger partial charge in [0.15, 0.2) is 11.7 Å². The highest BCUT2D eigenvalue weighted by molar-refractivity contribution is 6.23. The van der Waals surface area contributed by atoms with E-state index >= 15 is 0 Å². The Morgan fingerprint density at radius 1 is 0.511 bits per heavy atom. The van der Waals surface area contributed by atoms with Gasteiger partial charge in [-0.3, -0.25) is 4.98 Å². The van der Waals surface area contributed by atoms with Crippen LogP contribution in [0.25, 0.3) is 54.7 Å². The van der Waals surface area contributed by atoms with Crippen molar-refractivity contribution in [2.75, 3.05) is 0 Å². The van der Waals surface area contributed by atoms with E-state index in [9.17, 15) is 0 Å². The summed E-state index contributed by atoms with van der Waals surface area (Å²) in [5, 5.41) is 9.22. The van der Waals surface area contributed by atoms with Crippen LogP contribution in [0.2, 0.25) is 0 Å². The first-order valence-electron chi connectivity index (χ1n) is 15.0. The number of aliphatic imine (C=N–C) groups is 2. The van der Waals surface area contributed by atoms with Gasteiger partial charge in [0, 0.05) is 17.3 Å². The third kappa shape index (κ3) is 4.45. The van der Waals surface area contributed by atoms with Gasteiger partial charge in [0.25, 0.3) is 0 Å². The van der Waals surface area contributed by atoms with Crippen LogP contribution >= 0.6 is 0 Å². The van der Waals surface area contributed by atoms with Crippen LogP contribution in [0.3, 0.4) is 0 Å².